The van der Waals surface area contributed by atoms with Gasteiger partial charge in [-0.1, -0.05) is 62.4 Å². The summed E-state index contributed by atoms with van der Waals surface area (Å²) in [5.41, 5.74) is 3.77. The summed E-state index contributed by atoms with van der Waals surface area (Å²) in [6.45, 7) is 8.61. The summed E-state index contributed by atoms with van der Waals surface area (Å²) in [6.07, 6.45) is 8.61. The van der Waals surface area contributed by atoms with E-state index in [4.69, 9.17) is 18.9 Å². The first-order chi connectivity index (χ1) is 21.1. The minimum atomic E-state index is -1.04. The standard InChI is InChI=1S/C35H49NO7S.Li.H/c1-23-11-9-10-14-28(23)30-20-26(15-16-29(30)32(37)36-31(33(38)39)17-18-44-5)34(40-21-27-22-41-35(3,4)43-27)42-24(2)19-25-12-7-6-8-13-25;;/h9-11,14-16,20,24-25,27,31,34H,6-8,12-13,17-19,21-22H2,1-5H3,(H,36,37)(H,38,39);;. The second-order valence-corrected chi connectivity index (χ2v) is 13.6. The van der Waals surface area contributed by atoms with Gasteiger partial charge in [0.15, 0.2) is 12.1 Å². The van der Waals surface area contributed by atoms with Crippen LogP contribution in [0.4, 0.5) is 0 Å². The van der Waals surface area contributed by atoms with Crippen LogP contribution >= 0.6 is 11.8 Å². The molecule has 2 fully saturated rings. The van der Waals surface area contributed by atoms with Crippen LogP contribution in [0.15, 0.2) is 42.5 Å². The monoisotopic (exact) mass is 635 g/mol. The first-order valence-electron chi connectivity index (χ1n) is 15.9. The Morgan fingerprint density at radius 1 is 1.11 bits per heavy atom. The Morgan fingerprint density at radius 2 is 1.84 bits per heavy atom. The van der Waals surface area contributed by atoms with Crippen molar-refractivity contribution in [1.82, 2.24) is 5.32 Å². The maximum atomic E-state index is 13.6. The summed E-state index contributed by atoms with van der Waals surface area (Å²) >= 11 is 1.55. The molecule has 2 aliphatic rings. The maximum absolute atomic E-state index is 13.6. The van der Waals surface area contributed by atoms with Crippen molar-refractivity contribution in [1.29, 1.82) is 0 Å². The van der Waals surface area contributed by atoms with Crippen molar-refractivity contribution in [2.75, 3.05) is 25.2 Å². The third-order valence-corrected chi connectivity index (χ3v) is 9.10. The number of rotatable bonds is 15. The van der Waals surface area contributed by atoms with Crippen LogP contribution in [0.5, 0.6) is 0 Å². The molecule has 0 aromatic heterocycles. The minimum absolute atomic E-state index is 0. The predicted molar refractivity (Wildman–Crippen MR) is 181 cm³/mol. The number of hydrogen-bond donors (Lipinski definition) is 2. The van der Waals surface area contributed by atoms with E-state index in [2.05, 4.69) is 12.2 Å². The van der Waals surface area contributed by atoms with E-state index in [-0.39, 0.29) is 31.1 Å². The van der Waals surface area contributed by atoms with E-state index < -0.39 is 30.0 Å². The Labute approximate surface area is 284 Å². The van der Waals surface area contributed by atoms with Crippen LogP contribution in [0.2, 0.25) is 0 Å². The van der Waals surface area contributed by atoms with Gasteiger partial charge in [0.1, 0.15) is 12.1 Å². The van der Waals surface area contributed by atoms with Crippen LogP contribution < -0.4 is 5.32 Å². The van der Waals surface area contributed by atoms with Gasteiger partial charge in [-0.3, -0.25) is 4.79 Å². The van der Waals surface area contributed by atoms with Crippen LogP contribution in [0.3, 0.4) is 0 Å². The van der Waals surface area contributed by atoms with Gasteiger partial charge in [-0.2, -0.15) is 11.8 Å². The molecule has 4 rings (SSSR count). The van der Waals surface area contributed by atoms with Gasteiger partial charge in [0.25, 0.3) is 5.91 Å². The molecule has 10 heteroatoms. The van der Waals surface area contributed by atoms with Crippen LogP contribution in [0.25, 0.3) is 11.1 Å². The van der Waals surface area contributed by atoms with E-state index in [0.717, 1.165) is 23.1 Å². The molecule has 4 unspecified atom stereocenters. The quantitative estimate of drug-likeness (QED) is 0.169. The first-order valence-corrected chi connectivity index (χ1v) is 17.3. The number of amides is 1. The zero-order chi connectivity index (χ0) is 31.7. The molecule has 1 aliphatic carbocycles. The molecule has 1 amide bonds. The molecule has 8 nitrogen and oxygen atoms in total. The van der Waals surface area contributed by atoms with Crippen LogP contribution in [0, 0.1) is 12.8 Å². The molecule has 1 saturated heterocycles. The molecular formula is C35H50LiNO7S. The fraction of sp³-hybridized carbons (Fsp3) is 0.600. The van der Waals surface area contributed by atoms with Gasteiger partial charge >= 0.3 is 24.8 Å². The van der Waals surface area contributed by atoms with E-state index in [9.17, 15) is 14.7 Å². The van der Waals surface area contributed by atoms with Crippen molar-refractivity contribution < 1.29 is 33.6 Å². The zero-order valence-electron chi connectivity index (χ0n) is 26.8. The first kappa shape index (κ1) is 37.6. The van der Waals surface area contributed by atoms with Crippen molar-refractivity contribution in [3.05, 3.63) is 59.2 Å². The van der Waals surface area contributed by atoms with Crippen molar-refractivity contribution in [2.24, 2.45) is 5.92 Å². The average molecular weight is 636 g/mol. The second kappa shape index (κ2) is 17.9. The fourth-order valence-corrected chi connectivity index (χ4v) is 6.62. The summed E-state index contributed by atoms with van der Waals surface area (Å²) in [6, 6.07) is 12.4. The summed E-state index contributed by atoms with van der Waals surface area (Å²) in [5, 5.41) is 12.5. The van der Waals surface area contributed by atoms with Gasteiger partial charge in [-0.15, -0.1) is 0 Å². The van der Waals surface area contributed by atoms with Crippen molar-refractivity contribution in [2.45, 2.75) is 103 Å². The van der Waals surface area contributed by atoms with Crippen molar-refractivity contribution in [3.8, 4) is 11.1 Å². The summed E-state index contributed by atoms with van der Waals surface area (Å²) < 4.78 is 24.8. The molecule has 0 bridgehead atoms. The number of hydrogen-bond acceptors (Lipinski definition) is 7. The molecule has 2 aromatic carbocycles. The molecule has 4 atom stereocenters. The molecule has 244 valence electrons. The molecule has 2 N–H and O–H groups in total. The van der Waals surface area contributed by atoms with Gasteiger partial charge in [0.05, 0.1) is 19.3 Å². The summed E-state index contributed by atoms with van der Waals surface area (Å²) in [5.74, 6) is -0.852. The number of carbonyl (C=O) groups is 2. The van der Waals surface area contributed by atoms with Crippen molar-refractivity contribution in [3.63, 3.8) is 0 Å². The van der Waals surface area contributed by atoms with Gasteiger partial charge in [0, 0.05) is 11.1 Å². The number of thioether (sulfide) groups is 1. The third-order valence-electron chi connectivity index (χ3n) is 8.46. The second-order valence-electron chi connectivity index (χ2n) is 12.6. The van der Waals surface area contributed by atoms with Crippen LogP contribution in [0.1, 0.15) is 93.5 Å². The van der Waals surface area contributed by atoms with Gasteiger partial charge in [0.2, 0.25) is 0 Å². The molecule has 1 heterocycles. The van der Waals surface area contributed by atoms with Gasteiger partial charge < -0.3 is 29.4 Å². The predicted octanol–water partition coefficient (Wildman–Crippen LogP) is 6.49. The SMILES string of the molecule is CSCCC(NC(=O)c1ccc(C(OCC2COC(C)(C)O2)OC(C)CC2CCCCC2)cc1-c1ccccc1C)C(=O)O.[LiH]. The fourth-order valence-electron chi connectivity index (χ4n) is 6.15. The number of aryl methyl sites for hydroxylation is 1. The summed E-state index contributed by atoms with van der Waals surface area (Å²) in [7, 11) is 0. The third kappa shape index (κ3) is 11.1. The number of nitrogens with one attached hydrogen (secondary N) is 1. The molecule has 1 saturated carbocycles. The van der Waals surface area contributed by atoms with E-state index in [1.54, 1.807) is 17.8 Å². The Hall–Kier alpha value is -1.83. The van der Waals surface area contributed by atoms with Gasteiger partial charge in [-0.25, -0.2) is 4.79 Å². The number of benzene rings is 2. The number of carbonyl (C=O) groups excluding carboxylic acids is 1. The normalized spacial score (nSPS) is 20.2. The number of carboxylic acids is 1. The Balaban J connectivity index is 0.00000552. The topological polar surface area (TPSA) is 103 Å². The average Bonchev–Trinajstić information content (AvgIpc) is 3.35. The van der Waals surface area contributed by atoms with Crippen LogP contribution in [-0.2, 0) is 23.7 Å². The Morgan fingerprint density at radius 3 is 2.49 bits per heavy atom. The number of carboxylic acid groups (broad SMARTS) is 1. The molecule has 45 heavy (non-hydrogen) atoms. The van der Waals surface area contributed by atoms with Crippen molar-refractivity contribution >= 4 is 42.5 Å². The van der Waals surface area contributed by atoms with E-state index in [0.29, 0.717) is 42.4 Å². The van der Waals surface area contributed by atoms with E-state index in [1.807, 2.05) is 63.4 Å². The Kier molecular flexibility index (Phi) is 15.0. The summed E-state index contributed by atoms with van der Waals surface area (Å²) in [4.78, 5) is 25.5. The molecule has 0 radical (unpaired) electrons. The Bertz CT molecular complexity index is 1250. The molecule has 2 aromatic rings. The number of ether oxygens (including phenoxy) is 4. The van der Waals surface area contributed by atoms with Gasteiger partial charge in [-0.05, 0) is 87.3 Å². The van der Waals surface area contributed by atoms with E-state index in [1.165, 1.54) is 32.1 Å². The molecule has 0 spiro atoms. The zero-order valence-corrected chi connectivity index (χ0v) is 27.6. The number of aliphatic carboxylic acids is 1. The molecule has 1 aliphatic heterocycles. The molecular weight excluding hydrogens is 585 g/mol. The van der Waals surface area contributed by atoms with Crippen LogP contribution in [-0.4, -0.2) is 85.1 Å². The van der Waals surface area contributed by atoms with E-state index >= 15 is 0 Å².